The zero-order valence-electron chi connectivity index (χ0n) is 27.0. The lowest BCUT2D eigenvalue weighted by atomic mass is 9.70. The molecule has 1 spiro atoms. The van der Waals surface area contributed by atoms with E-state index in [9.17, 15) is 0 Å². The van der Waals surface area contributed by atoms with Crippen molar-refractivity contribution in [2.45, 2.75) is 19.3 Å². The van der Waals surface area contributed by atoms with E-state index >= 15 is 0 Å². The molecule has 0 atom stereocenters. The van der Waals surface area contributed by atoms with Gasteiger partial charge in [-0.1, -0.05) is 132 Å². The van der Waals surface area contributed by atoms with Crippen LogP contribution in [0.5, 0.6) is 0 Å². The molecule has 10 rings (SSSR count). The van der Waals surface area contributed by atoms with E-state index in [1.807, 2.05) is 0 Å². The molecule has 0 amide bonds. The second kappa shape index (κ2) is 10.0. The molecule has 1 nitrogen and oxygen atoms in total. The summed E-state index contributed by atoms with van der Waals surface area (Å²) in [6.45, 7) is 4.31. The Morgan fingerprint density at radius 3 is 1.50 bits per heavy atom. The SMILES string of the molecule is Cc1ccc(N(c2ccc(C)cc2)c2cc3c(c4ccccc24)-c2cc4ccccc4cc2C32c3ccccc3-c3ccccc32)cc1. The Morgan fingerprint density at radius 1 is 0.396 bits per heavy atom. The number of hydrogen-bond acceptors (Lipinski definition) is 1. The Morgan fingerprint density at radius 2 is 0.896 bits per heavy atom. The van der Waals surface area contributed by atoms with Gasteiger partial charge in [0.2, 0.25) is 0 Å². The van der Waals surface area contributed by atoms with Gasteiger partial charge < -0.3 is 4.90 Å². The van der Waals surface area contributed by atoms with Crippen LogP contribution in [-0.4, -0.2) is 0 Å². The zero-order valence-corrected chi connectivity index (χ0v) is 27.0. The molecular formula is C47H33N. The summed E-state index contributed by atoms with van der Waals surface area (Å²) in [5, 5.41) is 5.07. The molecule has 0 aliphatic heterocycles. The summed E-state index contributed by atoms with van der Waals surface area (Å²) < 4.78 is 0. The molecule has 0 radical (unpaired) electrons. The summed E-state index contributed by atoms with van der Waals surface area (Å²) in [7, 11) is 0. The average molecular weight is 612 g/mol. The second-order valence-electron chi connectivity index (χ2n) is 13.5. The standard InChI is InChI=1S/C47H33N/c1-30-19-23-34(24-20-30)48(35-25-21-31(2)22-26-35)45-29-44-46(39-16-6-5-15-38(39)45)40-27-32-11-3-4-12-33(32)28-43(40)47(44)41-17-9-7-13-36(41)37-14-8-10-18-42(37)47/h3-29H,1-2H3. The van der Waals surface area contributed by atoms with Crippen molar-refractivity contribution in [2.75, 3.05) is 4.90 Å². The maximum Gasteiger partial charge on any atom is 0.0726 e. The number of aryl methyl sites for hydroxylation is 2. The summed E-state index contributed by atoms with van der Waals surface area (Å²) in [5.74, 6) is 0. The van der Waals surface area contributed by atoms with Gasteiger partial charge in [0.15, 0.2) is 0 Å². The first kappa shape index (κ1) is 27.2. The van der Waals surface area contributed by atoms with E-state index in [1.165, 1.54) is 82.9 Å². The molecule has 0 saturated carbocycles. The molecule has 1 heteroatoms. The van der Waals surface area contributed by atoms with Gasteiger partial charge in [-0.25, -0.2) is 0 Å². The van der Waals surface area contributed by atoms with E-state index in [-0.39, 0.29) is 0 Å². The van der Waals surface area contributed by atoms with Crippen LogP contribution in [0.1, 0.15) is 33.4 Å². The quantitative estimate of drug-likeness (QED) is 0.192. The molecule has 0 unspecified atom stereocenters. The lowest BCUT2D eigenvalue weighted by Crippen LogP contribution is -2.26. The highest BCUT2D eigenvalue weighted by Gasteiger charge is 2.52. The topological polar surface area (TPSA) is 3.24 Å². The predicted octanol–water partition coefficient (Wildman–Crippen LogP) is 12.4. The van der Waals surface area contributed by atoms with Gasteiger partial charge in [-0.05, 0) is 117 Å². The van der Waals surface area contributed by atoms with Crippen LogP contribution in [0, 0.1) is 13.8 Å². The minimum absolute atomic E-state index is 0.451. The van der Waals surface area contributed by atoms with Gasteiger partial charge in [-0.3, -0.25) is 0 Å². The van der Waals surface area contributed by atoms with Crippen LogP contribution in [0.25, 0.3) is 43.8 Å². The van der Waals surface area contributed by atoms with Crippen molar-refractivity contribution in [1.82, 2.24) is 0 Å². The molecule has 48 heavy (non-hydrogen) atoms. The van der Waals surface area contributed by atoms with E-state index in [4.69, 9.17) is 0 Å². The summed E-state index contributed by atoms with van der Waals surface area (Å²) in [5.41, 5.74) is 16.3. The number of rotatable bonds is 3. The van der Waals surface area contributed by atoms with Gasteiger partial charge in [0.25, 0.3) is 0 Å². The average Bonchev–Trinajstić information content (AvgIpc) is 3.59. The van der Waals surface area contributed by atoms with E-state index < -0.39 is 5.41 Å². The highest BCUT2D eigenvalue weighted by molar-refractivity contribution is 6.13. The van der Waals surface area contributed by atoms with Crippen LogP contribution in [0.15, 0.2) is 164 Å². The third kappa shape index (κ3) is 3.62. The molecule has 0 fully saturated rings. The molecule has 0 N–H and O–H groups in total. The van der Waals surface area contributed by atoms with Gasteiger partial charge in [0.1, 0.15) is 0 Å². The fourth-order valence-electron chi connectivity index (χ4n) is 8.66. The second-order valence-corrected chi connectivity index (χ2v) is 13.5. The van der Waals surface area contributed by atoms with Crippen LogP contribution < -0.4 is 4.90 Å². The Kier molecular flexibility index (Phi) is 5.69. The molecule has 8 aromatic carbocycles. The van der Waals surface area contributed by atoms with Crippen LogP contribution >= 0.6 is 0 Å². The molecule has 2 aliphatic carbocycles. The van der Waals surface area contributed by atoms with E-state index in [2.05, 4.69) is 183 Å². The Bertz CT molecular complexity index is 2480. The number of benzene rings is 8. The van der Waals surface area contributed by atoms with Crippen LogP contribution in [0.3, 0.4) is 0 Å². The van der Waals surface area contributed by atoms with E-state index in [0.717, 1.165) is 11.4 Å². The van der Waals surface area contributed by atoms with Crippen molar-refractivity contribution in [1.29, 1.82) is 0 Å². The molecule has 0 bridgehead atoms. The molecular weight excluding hydrogens is 579 g/mol. The highest BCUT2D eigenvalue weighted by atomic mass is 15.1. The first-order chi connectivity index (χ1) is 23.6. The molecule has 226 valence electrons. The highest BCUT2D eigenvalue weighted by Crippen LogP contribution is 2.65. The maximum atomic E-state index is 2.53. The first-order valence-electron chi connectivity index (χ1n) is 16.9. The van der Waals surface area contributed by atoms with Crippen molar-refractivity contribution in [3.63, 3.8) is 0 Å². The maximum absolute atomic E-state index is 2.53. The fraction of sp³-hybridized carbons (Fsp3) is 0.0638. The minimum atomic E-state index is -0.451. The van der Waals surface area contributed by atoms with Gasteiger partial charge >= 0.3 is 0 Å². The van der Waals surface area contributed by atoms with Crippen LogP contribution in [0.2, 0.25) is 0 Å². The number of anilines is 3. The van der Waals surface area contributed by atoms with Crippen molar-refractivity contribution in [2.24, 2.45) is 0 Å². The predicted molar refractivity (Wildman–Crippen MR) is 202 cm³/mol. The molecule has 2 aliphatic rings. The summed E-state index contributed by atoms with van der Waals surface area (Å²) >= 11 is 0. The monoisotopic (exact) mass is 611 g/mol. The normalized spacial score (nSPS) is 13.4. The third-order valence-electron chi connectivity index (χ3n) is 10.8. The third-order valence-corrected chi connectivity index (χ3v) is 10.8. The molecule has 0 heterocycles. The lowest BCUT2D eigenvalue weighted by molar-refractivity contribution is 0.795. The lowest BCUT2D eigenvalue weighted by Gasteiger charge is -2.33. The molecule has 8 aromatic rings. The van der Waals surface area contributed by atoms with Crippen molar-refractivity contribution in [3.05, 3.63) is 197 Å². The first-order valence-corrected chi connectivity index (χ1v) is 16.9. The van der Waals surface area contributed by atoms with Gasteiger partial charge in [0, 0.05) is 16.8 Å². The zero-order chi connectivity index (χ0) is 32.0. The van der Waals surface area contributed by atoms with E-state index in [0.29, 0.717) is 0 Å². The van der Waals surface area contributed by atoms with Crippen LogP contribution in [-0.2, 0) is 5.41 Å². The largest absolute Gasteiger partial charge is 0.310 e. The number of nitrogens with zero attached hydrogens (tertiary/aromatic N) is 1. The van der Waals surface area contributed by atoms with Crippen molar-refractivity contribution >= 4 is 38.6 Å². The smallest absolute Gasteiger partial charge is 0.0726 e. The Balaban J connectivity index is 1.39. The van der Waals surface area contributed by atoms with Crippen LogP contribution in [0.4, 0.5) is 17.1 Å². The Hall–Kier alpha value is -5.92. The minimum Gasteiger partial charge on any atom is -0.310 e. The van der Waals surface area contributed by atoms with Gasteiger partial charge in [-0.15, -0.1) is 0 Å². The summed E-state index contributed by atoms with van der Waals surface area (Å²) in [6.07, 6.45) is 0. The summed E-state index contributed by atoms with van der Waals surface area (Å²) in [6, 6.07) is 61.4. The van der Waals surface area contributed by atoms with Crippen molar-refractivity contribution < 1.29 is 0 Å². The van der Waals surface area contributed by atoms with Crippen molar-refractivity contribution in [3.8, 4) is 22.3 Å². The Labute approximate surface area is 281 Å². The van der Waals surface area contributed by atoms with E-state index in [1.54, 1.807) is 0 Å². The number of hydrogen-bond donors (Lipinski definition) is 0. The molecule has 0 aromatic heterocycles. The fourth-order valence-corrected chi connectivity index (χ4v) is 8.66. The van der Waals surface area contributed by atoms with Gasteiger partial charge in [0.05, 0.1) is 11.1 Å². The number of fused-ring (bicyclic) bond motifs is 13. The molecule has 0 saturated heterocycles. The summed E-state index contributed by atoms with van der Waals surface area (Å²) in [4.78, 5) is 2.46. The van der Waals surface area contributed by atoms with Gasteiger partial charge in [-0.2, -0.15) is 0 Å².